The van der Waals surface area contributed by atoms with Crippen LogP contribution >= 0.6 is 0 Å². The number of carbonyl (C=O) groups is 3. The first-order valence-electron chi connectivity index (χ1n) is 13.3. The Morgan fingerprint density at radius 2 is 1.70 bits per heavy atom. The average Bonchev–Trinajstić information content (AvgIpc) is 3.50. The third kappa shape index (κ3) is 8.16. The molecule has 0 spiro atoms. The molecule has 2 aromatic carbocycles. The van der Waals surface area contributed by atoms with Crippen molar-refractivity contribution < 1.29 is 52.8 Å². The van der Waals surface area contributed by atoms with Crippen LogP contribution in [0.1, 0.15) is 41.6 Å². The number of hydrogen-bond donors (Lipinski definition) is 2. The summed E-state index contributed by atoms with van der Waals surface area (Å²) in [6.45, 7) is -0.220. The molecule has 1 atom stereocenters. The lowest BCUT2D eigenvalue weighted by molar-refractivity contribution is -0.385. The highest BCUT2D eigenvalue weighted by molar-refractivity contribution is 6.03. The van der Waals surface area contributed by atoms with Gasteiger partial charge < -0.3 is 38.4 Å². The molecule has 3 rings (SSSR count). The van der Waals surface area contributed by atoms with E-state index < -0.39 is 29.5 Å². The number of nitrogens with zero attached hydrogens (tertiary/aromatic N) is 2. The number of esters is 1. The lowest BCUT2D eigenvalue weighted by Crippen LogP contribution is -2.38. The van der Waals surface area contributed by atoms with Gasteiger partial charge in [-0.2, -0.15) is 0 Å². The number of aliphatic hydroxyl groups excluding tert-OH is 1. The number of likely N-dealkylation sites (tertiary alicyclic amines) is 1. The van der Waals surface area contributed by atoms with Crippen molar-refractivity contribution in [1.82, 2.24) is 4.90 Å². The third-order valence-electron chi connectivity index (χ3n) is 6.77. The molecule has 1 saturated heterocycles. The largest absolute Gasteiger partial charge is 0.493 e. The smallest absolute Gasteiger partial charge is 0.411 e. The normalized spacial score (nSPS) is 14.1. The molecule has 0 saturated carbocycles. The molecule has 1 aliphatic rings. The van der Waals surface area contributed by atoms with Crippen molar-refractivity contribution in [2.24, 2.45) is 0 Å². The molecule has 2 N–H and O–H groups in total. The first-order chi connectivity index (χ1) is 20.7. The lowest BCUT2D eigenvalue weighted by Gasteiger charge is -2.25. The van der Waals surface area contributed by atoms with Crippen LogP contribution in [0.5, 0.6) is 23.0 Å². The van der Waals surface area contributed by atoms with E-state index >= 15 is 0 Å². The van der Waals surface area contributed by atoms with E-state index in [0.717, 1.165) is 6.07 Å². The van der Waals surface area contributed by atoms with Gasteiger partial charge in [-0.15, -0.1) is 0 Å². The summed E-state index contributed by atoms with van der Waals surface area (Å²) in [5, 5.41) is 24.0. The molecule has 1 unspecified atom stereocenters. The molecule has 15 nitrogen and oxygen atoms in total. The zero-order valence-corrected chi connectivity index (χ0v) is 24.4. The van der Waals surface area contributed by atoms with E-state index in [0.29, 0.717) is 25.8 Å². The van der Waals surface area contributed by atoms with Crippen LogP contribution in [0, 0.1) is 10.1 Å². The number of benzene rings is 2. The summed E-state index contributed by atoms with van der Waals surface area (Å²) < 4.78 is 31.4. The predicted octanol–water partition coefficient (Wildman–Crippen LogP) is 3.30. The standard InChI is InChI=1S/C28H35N3O12/c1-38-22-11-17(21(31(36)37)14-25(22)42-10-6-8-26(33)41-4)16-43-28(35)29-20-13-24(40-3)23(39-2)12-19(20)27(34)30-9-5-7-18(30)15-32/h11-14,18,32H,5-10,15-16H2,1-4H3,(H,29,35). The van der Waals surface area contributed by atoms with Gasteiger partial charge in [0, 0.05) is 19.0 Å². The Balaban J connectivity index is 1.80. The topological polar surface area (TPSA) is 185 Å². The van der Waals surface area contributed by atoms with E-state index in [1.165, 1.54) is 51.5 Å². The molecule has 0 aromatic heterocycles. The van der Waals surface area contributed by atoms with Gasteiger partial charge in [0.25, 0.3) is 11.6 Å². The number of carbonyl (C=O) groups excluding carboxylic acids is 3. The molecule has 1 aliphatic heterocycles. The summed E-state index contributed by atoms with van der Waals surface area (Å²) in [6.07, 6.45) is 0.773. The van der Waals surface area contributed by atoms with Crippen LogP contribution in [-0.2, 0) is 20.9 Å². The zero-order valence-electron chi connectivity index (χ0n) is 24.4. The van der Waals surface area contributed by atoms with Crippen LogP contribution in [0.4, 0.5) is 16.2 Å². The Kier molecular flexibility index (Phi) is 11.8. The highest BCUT2D eigenvalue weighted by atomic mass is 16.6. The maximum atomic E-state index is 13.4. The van der Waals surface area contributed by atoms with Crippen LogP contribution in [-0.4, -0.2) is 87.1 Å². The fraction of sp³-hybridized carbons (Fsp3) is 0.464. The van der Waals surface area contributed by atoms with Crippen molar-refractivity contribution in [2.75, 3.05) is 53.5 Å². The van der Waals surface area contributed by atoms with E-state index in [4.69, 9.17) is 23.7 Å². The molecule has 15 heteroatoms. The Bertz CT molecular complexity index is 1330. The van der Waals surface area contributed by atoms with E-state index in [1.54, 1.807) is 0 Å². The molecule has 1 heterocycles. The number of hydrogen-bond acceptors (Lipinski definition) is 12. The Hall–Kier alpha value is -4.79. The number of ether oxygens (including phenoxy) is 6. The summed E-state index contributed by atoms with van der Waals surface area (Å²) >= 11 is 0. The van der Waals surface area contributed by atoms with Gasteiger partial charge in [-0.25, -0.2) is 4.79 Å². The van der Waals surface area contributed by atoms with Crippen molar-refractivity contribution in [1.29, 1.82) is 0 Å². The minimum atomic E-state index is -1.00. The fourth-order valence-corrected chi connectivity index (χ4v) is 4.55. The van der Waals surface area contributed by atoms with Crippen molar-refractivity contribution in [3.63, 3.8) is 0 Å². The molecule has 2 aromatic rings. The fourth-order valence-electron chi connectivity index (χ4n) is 4.55. The molecule has 43 heavy (non-hydrogen) atoms. The molecule has 234 valence electrons. The van der Waals surface area contributed by atoms with Crippen LogP contribution in [0.3, 0.4) is 0 Å². The zero-order chi connectivity index (χ0) is 31.5. The van der Waals surface area contributed by atoms with Gasteiger partial charge in [-0.05, 0) is 31.4 Å². The summed E-state index contributed by atoms with van der Waals surface area (Å²) in [4.78, 5) is 50.3. The third-order valence-corrected chi connectivity index (χ3v) is 6.77. The van der Waals surface area contributed by atoms with Gasteiger partial charge in [0.1, 0.15) is 6.61 Å². The van der Waals surface area contributed by atoms with Crippen LogP contribution < -0.4 is 24.3 Å². The van der Waals surface area contributed by atoms with Crippen molar-refractivity contribution in [2.45, 2.75) is 38.3 Å². The summed E-state index contributed by atoms with van der Waals surface area (Å²) in [7, 11) is 5.41. The first kappa shape index (κ1) is 32.7. The Labute approximate surface area is 247 Å². The number of methoxy groups -OCH3 is 4. The molecule has 1 fully saturated rings. The van der Waals surface area contributed by atoms with Crippen molar-refractivity contribution >= 4 is 29.3 Å². The van der Waals surface area contributed by atoms with Gasteiger partial charge in [0.15, 0.2) is 23.0 Å². The summed E-state index contributed by atoms with van der Waals surface area (Å²) in [5.74, 6) is -0.141. The number of rotatable bonds is 14. The van der Waals surface area contributed by atoms with Gasteiger partial charge in [0.2, 0.25) is 0 Å². The van der Waals surface area contributed by atoms with Gasteiger partial charge >= 0.3 is 12.1 Å². The van der Waals surface area contributed by atoms with Gasteiger partial charge in [-0.1, -0.05) is 0 Å². The second-order valence-corrected chi connectivity index (χ2v) is 9.35. The monoisotopic (exact) mass is 605 g/mol. The van der Waals surface area contributed by atoms with E-state index in [2.05, 4.69) is 10.1 Å². The average molecular weight is 606 g/mol. The SMILES string of the molecule is COC(=O)CCCOc1cc([N+](=O)[O-])c(COC(=O)Nc2cc(OC)c(OC)cc2C(=O)N2CCCC2CO)cc1OC. The minimum Gasteiger partial charge on any atom is -0.493 e. The maximum Gasteiger partial charge on any atom is 0.411 e. The summed E-state index contributed by atoms with van der Waals surface area (Å²) in [5.41, 5.74) is -0.233. The van der Waals surface area contributed by atoms with Crippen molar-refractivity contribution in [3.05, 3.63) is 45.5 Å². The van der Waals surface area contributed by atoms with Crippen LogP contribution in [0.15, 0.2) is 24.3 Å². The number of amides is 2. The quantitative estimate of drug-likeness (QED) is 0.139. The highest BCUT2D eigenvalue weighted by Gasteiger charge is 2.31. The Morgan fingerprint density at radius 1 is 1.02 bits per heavy atom. The molecular formula is C28H35N3O12. The van der Waals surface area contributed by atoms with Gasteiger partial charge in [0.05, 0.1) is 75.5 Å². The minimum absolute atomic E-state index is 0.0189. The molecule has 0 aliphatic carbocycles. The number of aliphatic hydroxyl groups is 1. The molecule has 0 bridgehead atoms. The highest BCUT2D eigenvalue weighted by Crippen LogP contribution is 2.37. The lowest BCUT2D eigenvalue weighted by atomic mass is 10.1. The number of anilines is 1. The number of nitro groups is 1. The van der Waals surface area contributed by atoms with E-state index in [-0.39, 0.29) is 71.2 Å². The second-order valence-electron chi connectivity index (χ2n) is 9.35. The molecule has 2 amide bonds. The predicted molar refractivity (Wildman–Crippen MR) is 151 cm³/mol. The second kappa shape index (κ2) is 15.4. The molecular weight excluding hydrogens is 570 g/mol. The first-order valence-corrected chi connectivity index (χ1v) is 13.3. The van der Waals surface area contributed by atoms with E-state index in [9.17, 15) is 29.6 Å². The number of nitro benzene ring substituents is 1. The van der Waals surface area contributed by atoms with E-state index in [1.807, 2.05) is 0 Å². The van der Waals surface area contributed by atoms with Crippen molar-refractivity contribution in [3.8, 4) is 23.0 Å². The maximum absolute atomic E-state index is 13.4. The summed E-state index contributed by atoms with van der Waals surface area (Å²) in [6, 6.07) is 4.91. The molecule has 0 radical (unpaired) electrons. The van der Waals surface area contributed by atoms with Crippen LogP contribution in [0.2, 0.25) is 0 Å². The number of nitrogens with one attached hydrogen (secondary N) is 1. The van der Waals surface area contributed by atoms with Gasteiger partial charge in [-0.3, -0.25) is 25.0 Å². The van der Waals surface area contributed by atoms with Crippen LogP contribution in [0.25, 0.3) is 0 Å². The Morgan fingerprint density at radius 3 is 2.33 bits per heavy atom.